The van der Waals surface area contributed by atoms with Gasteiger partial charge in [-0.15, -0.1) is 0 Å². The van der Waals surface area contributed by atoms with Gasteiger partial charge in [0.1, 0.15) is 0 Å². The molecule has 0 aliphatic rings. The predicted molar refractivity (Wildman–Crippen MR) is 49.7 cm³/mol. The second kappa shape index (κ2) is 4.81. The Morgan fingerprint density at radius 3 is 2.47 bits per heavy atom. The lowest BCUT2D eigenvalue weighted by molar-refractivity contribution is -0.385. The zero-order valence-corrected chi connectivity index (χ0v) is 8.45. The summed E-state index contributed by atoms with van der Waals surface area (Å²) in [5.74, 6) is -2.99. The number of ether oxygens (including phenoxy) is 1. The molecule has 0 atom stereocenters. The van der Waals surface area contributed by atoms with E-state index in [1.54, 1.807) is 0 Å². The van der Waals surface area contributed by atoms with Crippen molar-refractivity contribution in [2.45, 2.75) is 13.5 Å². The van der Waals surface area contributed by atoms with E-state index in [-0.39, 0.29) is 0 Å². The molecule has 0 bridgehead atoms. The van der Waals surface area contributed by atoms with Crippen molar-refractivity contribution >= 4 is 11.5 Å². The first kappa shape index (κ1) is 12.9. The summed E-state index contributed by atoms with van der Waals surface area (Å²) in [6.07, 6.45) is 0. The lowest BCUT2D eigenvalue weighted by atomic mass is 10.1. The predicted octanol–water partition coefficient (Wildman–Crippen LogP) is 2.54. The fourth-order valence-electron chi connectivity index (χ4n) is 1.16. The van der Waals surface area contributed by atoms with Crippen LogP contribution in [0.3, 0.4) is 0 Å². The van der Waals surface area contributed by atoms with E-state index in [2.05, 4.69) is 4.74 Å². The van der Waals surface area contributed by atoms with Crippen molar-refractivity contribution in [2.24, 2.45) is 0 Å². The molecule has 0 amide bonds. The number of nitrogens with zero attached hydrogens (tertiary/aromatic N) is 1. The number of nitro benzene ring substituents is 1. The van der Waals surface area contributed by atoms with Gasteiger partial charge < -0.3 is 4.74 Å². The van der Waals surface area contributed by atoms with Crippen LogP contribution in [0, 0.1) is 15.9 Å². The number of carbonyl (C=O) groups excluding carboxylic acids is 1. The van der Waals surface area contributed by atoms with Crippen molar-refractivity contribution in [1.82, 2.24) is 0 Å². The van der Waals surface area contributed by atoms with Crippen LogP contribution in [0.4, 0.5) is 18.9 Å². The van der Waals surface area contributed by atoms with E-state index in [9.17, 15) is 28.1 Å². The highest BCUT2D eigenvalue weighted by Crippen LogP contribution is 2.28. The Labute approximate surface area is 93.0 Å². The number of rotatable bonds is 4. The van der Waals surface area contributed by atoms with Crippen LogP contribution < -0.4 is 4.74 Å². The maximum absolute atomic E-state index is 13.1. The minimum Gasteiger partial charge on any atom is -0.432 e. The first-order chi connectivity index (χ1) is 7.82. The van der Waals surface area contributed by atoms with E-state index in [1.165, 1.54) is 0 Å². The van der Waals surface area contributed by atoms with Gasteiger partial charge in [-0.3, -0.25) is 14.9 Å². The number of ketones is 1. The summed E-state index contributed by atoms with van der Waals surface area (Å²) >= 11 is 0. The second-order valence-electron chi connectivity index (χ2n) is 2.99. The number of hydrogen-bond donors (Lipinski definition) is 0. The summed E-state index contributed by atoms with van der Waals surface area (Å²) in [7, 11) is 0. The molecular formula is C9H6F3NO4. The van der Waals surface area contributed by atoms with Gasteiger partial charge in [-0.05, 0) is 6.92 Å². The first-order valence-corrected chi connectivity index (χ1v) is 4.26. The molecule has 0 saturated carbocycles. The number of benzene rings is 1. The van der Waals surface area contributed by atoms with Gasteiger partial charge in [-0.2, -0.15) is 8.78 Å². The van der Waals surface area contributed by atoms with Crippen molar-refractivity contribution in [2.75, 3.05) is 0 Å². The Morgan fingerprint density at radius 1 is 1.47 bits per heavy atom. The fourth-order valence-corrected chi connectivity index (χ4v) is 1.16. The Balaban J connectivity index is 3.34. The minimum absolute atomic E-state index is 0.369. The maximum atomic E-state index is 13.1. The molecule has 0 heterocycles. The summed E-state index contributed by atoms with van der Waals surface area (Å²) in [6, 6.07) is 0.955. The molecule has 0 spiro atoms. The zero-order valence-electron chi connectivity index (χ0n) is 8.45. The number of Topliss-reactive ketones (excluding diaryl/α,β-unsaturated/α-hetero) is 1. The summed E-state index contributed by atoms with van der Waals surface area (Å²) in [5.41, 5.74) is -1.29. The summed E-state index contributed by atoms with van der Waals surface area (Å²) in [6.45, 7) is -2.29. The van der Waals surface area contributed by atoms with Crippen LogP contribution >= 0.6 is 0 Å². The van der Waals surface area contributed by atoms with E-state index in [4.69, 9.17) is 0 Å². The van der Waals surface area contributed by atoms with Crippen molar-refractivity contribution in [3.05, 3.63) is 33.6 Å². The van der Waals surface area contributed by atoms with Crippen molar-refractivity contribution in [3.63, 3.8) is 0 Å². The molecule has 0 aliphatic heterocycles. The number of nitro groups is 1. The van der Waals surface area contributed by atoms with Gasteiger partial charge >= 0.3 is 6.61 Å². The van der Waals surface area contributed by atoms with Gasteiger partial charge in [0.25, 0.3) is 5.69 Å². The molecule has 17 heavy (non-hydrogen) atoms. The largest absolute Gasteiger partial charge is 0.432 e. The SMILES string of the molecule is CC(=O)c1cc(OC(F)F)c(F)cc1[N+](=O)[O-]. The molecule has 92 valence electrons. The number of halogens is 3. The van der Waals surface area contributed by atoms with E-state index in [0.717, 1.165) is 6.92 Å². The van der Waals surface area contributed by atoms with Crippen molar-refractivity contribution in [3.8, 4) is 5.75 Å². The highest BCUT2D eigenvalue weighted by molar-refractivity contribution is 5.98. The van der Waals surface area contributed by atoms with Gasteiger partial charge in [0.05, 0.1) is 16.6 Å². The third-order valence-electron chi connectivity index (χ3n) is 1.84. The molecule has 8 heteroatoms. The van der Waals surface area contributed by atoms with E-state index in [1.807, 2.05) is 0 Å². The standard InChI is InChI=1S/C9H6F3NO4/c1-4(14)5-2-8(17-9(11)12)6(10)3-7(5)13(15)16/h2-3,9H,1H3. The molecule has 0 unspecified atom stereocenters. The fraction of sp³-hybridized carbons (Fsp3) is 0.222. The number of alkyl halides is 2. The lowest BCUT2D eigenvalue weighted by Gasteiger charge is -2.07. The molecule has 5 nitrogen and oxygen atoms in total. The molecule has 0 radical (unpaired) electrons. The van der Waals surface area contributed by atoms with E-state index < -0.39 is 40.1 Å². The molecule has 0 fully saturated rings. The second-order valence-corrected chi connectivity index (χ2v) is 2.99. The smallest absolute Gasteiger partial charge is 0.387 e. The Hall–Kier alpha value is -2.12. The molecule has 0 aliphatic carbocycles. The van der Waals surface area contributed by atoms with Crippen LogP contribution in [0.5, 0.6) is 5.75 Å². The third-order valence-corrected chi connectivity index (χ3v) is 1.84. The molecule has 1 rings (SSSR count). The van der Waals surface area contributed by atoms with Gasteiger partial charge in [-0.1, -0.05) is 0 Å². The van der Waals surface area contributed by atoms with Crippen LogP contribution in [0.1, 0.15) is 17.3 Å². The van der Waals surface area contributed by atoms with Crippen LogP contribution in [0.25, 0.3) is 0 Å². The quantitative estimate of drug-likeness (QED) is 0.467. The molecule has 0 aromatic heterocycles. The minimum atomic E-state index is -3.29. The topological polar surface area (TPSA) is 69.4 Å². The lowest BCUT2D eigenvalue weighted by Crippen LogP contribution is -2.07. The Morgan fingerprint density at radius 2 is 2.06 bits per heavy atom. The molecular weight excluding hydrogens is 243 g/mol. The van der Waals surface area contributed by atoms with E-state index >= 15 is 0 Å². The van der Waals surface area contributed by atoms with Gasteiger partial charge in [0, 0.05) is 6.07 Å². The van der Waals surface area contributed by atoms with Crippen molar-refractivity contribution in [1.29, 1.82) is 0 Å². The van der Waals surface area contributed by atoms with Crippen LogP contribution in [0.2, 0.25) is 0 Å². The van der Waals surface area contributed by atoms with Crippen LogP contribution in [-0.4, -0.2) is 17.3 Å². The van der Waals surface area contributed by atoms with Gasteiger partial charge in [0.2, 0.25) is 0 Å². The highest BCUT2D eigenvalue weighted by Gasteiger charge is 2.23. The first-order valence-electron chi connectivity index (χ1n) is 4.26. The van der Waals surface area contributed by atoms with Crippen molar-refractivity contribution < 1.29 is 27.6 Å². The average Bonchev–Trinajstić information content (AvgIpc) is 2.19. The van der Waals surface area contributed by atoms with Gasteiger partial charge in [-0.25, -0.2) is 4.39 Å². The monoisotopic (exact) mass is 249 g/mol. The average molecular weight is 249 g/mol. The summed E-state index contributed by atoms with van der Waals surface area (Å²) in [5, 5.41) is 10.5. The molecule has 0 N–H and O–H groups in total. The number of carbonyl (C=O) groups is 1. The van der Waals surface area contributed by atoms with Gasteiger partial charge in [0.15, 0.2) is 17.3 Å². The number of hydrogen-bond acceptors (Lipinski definition) is 4. The Kier molecular flexibility index (Phi) is 3.66. The van der Waals surface area contributed by atoms with Crippen LogP contribution in [-0.2, 0) is 0 Å². The molecule has 0 saturated heterocycles. The summed E-state index contributed by atoms with van der Waals surface area (Å²) < 4.78 is 40.7. The zero-order chi connectivity index (χ0) is 13.2. The molecule has 1 aromatic rings. The normalized spacial score (nSPS) is 10.4. The van der Waals surface area contributed by atoms with Crippen LogP contribution in [0.15, 0.2) is 12.1 Å². The van der Waals surface area contributed by atoms with E-state index in [0.29, 0.717) is 12.1 Å². The molecule has 1 aromatic carbocycles. The maximum Gasteiger partial charge on any atom is 0.387 e. The summed E-state index contributed by atoms with van der Waals surface area (Å²) in [4.78, 5) is 20.6. The Bertz CT molecular complexity index is 476. The third kappa shape index (κ3) is 2.92. The highest BCUT2D eigenvalue weighted by atomic mass is 19.3.